The number of aliphatic hydroxyl groups is 2. The van der Waals surface area contributed by atoms with Gasteiger partial charge in [0.1, 0.15) is 0 Å². The van der Waals surface area contributed by atoms with Crippen LogP contribution in [-0.4, -0.2) is 47.4 Å². The molecule has 0 rings (SSSR count). The van der Waals surface area contributed by atoms with Crippen molar-refractivity contribution >= 4 is 11.9 Å². The molecular weight excluding hydrogens is 791 g/mol. The molecule has 0 radical (unpaired) electrons. The number of esters is 1. The van der Waals surface area contributed by atoms with E-state index in [4.69, 9.17) is 4.74 Å². The van der Waals surface area contributed by atoms with E-state index in [2.05, 4.69) is 19.2 Å². The summed E-state index contributed by atoms with van der Waals surface area (Å²) < 4.78 is 5.46. The van der Waals surface area contributed by atoms with Gasteiger partial charge in [0, 0.05) is 12.8 Å². The van der Waals surface area contributed by atoms with Gasteiger partial charge in [-0.15, -0.1) is 0 Å². The quantitative estimate of drug-likeness (QED) is 0.0321. The van der Waals surface area contributed by atoms with Crippen LogP contribution in [-0.2, 0) is 14.3 Å². The molecule has 0 spiro atoms. The molecule has 0 heterocycles. The first-order chi connectivity index (χ1) is 31.5. The molecule has 6 nitrogen and oxygen atoms in total. The maximum Gasteiger partial charge on any atom is 0.305 e. The van der Waals surface area contributed by atoms with E-state index in [9.17, 15) is 19.8 Å². The van der Waals surface area contributed by atoms with Crippen molar-refractivity contribution in [1.29, 1.82) is 0 Å². The molecule has 0 aromatic heterocycles. The molecule has 64 heavy (non-hydrogen) atoms. The van der Waals surface area contributed by atoms with Gasteiger partial charge in [-0.05, 0) is 32.1 Å². The van der Waals surface area contributed by atoms with E-state index in [1.807, 2.05) is 6.08 Å². The Morgan fingerprint density at radius 3 is 1.06 bits per heavy atom. The molecule has 0 aliphatic carbocycles. The molecule has 0 aromatic rings. The molecule has 0 fully saturated rings. The predicted molar refractivity (Wildman–Crippen MR) is 278 cm³/mol. The maximum absolute atomic E-state index is 12.4. The van der Waals surface area contributed by atoms with Gasteiger partial charge in [0.25, 0.3) is 0 Å². The highest BCUT2D eigenvalue weighted by atomic mass is 16.5. The van der Waals surface area contributed by atoms with Gasteiger partial charge in [-0.2, -0.15) is 0 Å². The molecule has 0 aromatic carbocycles. The van der Waals surface area contributed by atoms with E-state index < -0.39 is 12.1 Å². The third-order valence-electron chi connectivity index (χ3n) is 13.6. The van der Waals surface area contributed by atoms with Crippen molar-refractivity contribution in [3.8, 4) is 0 Å². The number of amides is 1. The number of carbonyl (C=O) groups is 2. The monoisotopic (exact) mass is 904 g/mol. The smallest absolute Gasteiger partial charge is 0.305 e. The van der Waals surface area contributed by atoms with Crippen LogP contribution in [0, 0.1) is 0 Å². The van der Waals surface area contributed by atoms with Crippen LogP contribution >= 0.6 is 0 Å². The summed E-state index contributed by atoms with van der Waals surface area (Å²) in [5.41, 5.74) is 0. The summed E-state index contributed by atoms with van der Waals surface area (Å²) in [6.45, 7) is 4.91. The van der Waals surface area contributed by atoms with Gasteiger partial charge in [0.2, 0.25) is 5.91 Å². The maximum atomic E-state index is 12.4. The molecule has 6 heteroatoms. The number of unbranched alkanes of at least 4 members (excludes halogenated alkanes) is 43. The Balaban J connectivity index is 3.37. The summed E-state index contributed by atoms with van der Waals surface area (Å²) >= 11 is 0. The lowest BCUT2D eigenvalue weighted by Crippen LogP contribution is -2.45. The van der Waals surface area contributed by atoms with Crippen LogP contribution in [0.3, 0.4) is 0 Å². The zero-order valence-corrected chi connectivity index (χ0v) is 43.3. The van der Waals surface area contributed by atoms with Crippen molar-refractivity contribution in [2.75, 3.05) is 13.2 Å². The van der Waals surface area contributed by atoms with E-state index in [1.165, 1.54) is 257 Å². The summed E-state index contributed by atoms with van der Waals surface area (Å²) in [5, 5.41) is 23.0. The lowest BCUT2D eigenvalue weighted by Gasteiger charge is -2.20. The number of allylic oxidation sites excluding steroid dienone is 1. The third kappa shape index (κ3) is 50.0. The number of ether oxygens (including phenoxy) is 1. The second-order valence-corrected chi connectivity index (χ2v) is 20.0. The predicted octanol–water partition coefficient (Wildman–Crippen LogP) is 17.7. The largest absolute Gasteiger partial charge is 0.466 e. The third-order valence-corrected chi connectivity index (χ3v) is 13.6. The molecule has 1 amide bonds. The van der Waals surface area contributed by atoms with Crippen LogP contribution in [0.25, 0.3) is 0 Å². The van der Waals surface area contributed by atoms with E-state index in [0.29, 0.717) is 19.4 Å². The van der Waals surface area contributed by atoms with Crippen molar-refractivity contribution in [2.24, 2.45) is 0 Å². The Hall–Kier alpha value is -1.40. The molecular formula is C58H113NO5. The first-order valence-electron chi connectivity index (χ1n) is 29.0. The van der Waals surface area contributed by atoms with Crippen molar-refractivity contribution in [1.82, 2.24) is 5.32 Å². The number of carbonyl (C=O) groups excluding carboxylic acids is 2. The normalized spacial score (nSPS) is 12.6. The summed E-state index contributed by atoms with van der Waals surface area (Å²) in [6.07, 6.45) is 63.9. The minimum Gasteiger partial charge on any atom is -0.466 e. The van der Waals surface area contributed by atoms with Gasteiger partial charge in [0.15, 0.2) is 0 Å². The van der Waals surface area contributed by atoms with Gasteiger partial charge >= 0.3 is 5.97 Å². The lowest BCUT2D eigenvalue weighted by molar-refractivity contribution is -0.143. The van der Waals surface area contributed by atoms with Crippen LogP contribution in [0.15, 0.2) is 12.2 Å². The van der Waals surface area contributed by atoms with Crippen molar-refractivity contribution in [3.05, 3.63) is 12.2 Å². The molecule has 0 bridgehead atoms. The second-order valence-electron chi connectivity index (χ2n) is 20.0. The minimum atomic E-state index is -0.841. The van der Waals surface area contributed by atoms with Crippen molar-refractivity contribution in [2.45, 2.75) is 334 Å². The molecule has 380 valence electrons. The number of hydrogen-bond acceptors (Lipinski definition) is 5. The topological polar surface area (TPSA) is 95.9 Å². The van der Waals surface area contributed by atoms with Crippen LogP contribution in [0.2, 0.25) is 0 Å². The summed E-state index contributed by atoms with van der Waals surface area (Å²) in [6, 6.07) is -0.624. The molecule has 0 aliphatic heterocycles. The number of nitrogens with one attached hydrogen (secondary N) is 1. The second kappa shape index (κ2) is 54.2. The fraction of sp³-hybridized carbons (Fsp3) is 0.931. The van der Waals surface area contributed by atoms with Crippen molar-refractivity contribution < 1.29 is 24.5 Å². The minimum absolute atomic E-state index is 0.0149. The van der Waals surface area contributed by atoms with Gasteiger partial charge in [-0.1, -0.05) is 289 Å². The fourth-order valence-electron chi connectivity index (χ4n) is 9.11. The zero-order chi connectivity index (χ0) is 46.5. The SMILES string of the molecule is CCCCCCCCCCCC/C=C/C(O)C(CO)NC(=O)CCCCCCCCCCCCCCCCCCCCCCCCCCOC(=O)CCCCCCCCCCCCC. The Morgan fingerprint density at radius 1 is 0.422 bits per heavy atom. The van der Waals surface area contributed by atoms with Crippen LogP contribution in [0.4, 0.5) is 0 Å². The zero-order valence-electron chi connectivity index (χ0n) is 43.3. The molecule has 2 unspecified atom stereocenters. The Labute approximate surface area is 399 Å². The average Bonchev–Trinajstić information content (AvgIpc) is 3.29. The Bertz CT molecular complexity index is 955. The van der Waals surface area contributed by atoms with Gasteiger partial charge < -0.3 is 20.3 Å². The van der Waals surface area contributed by atoms with Gasteiger partial charge in [0.05, 0.1) is 25.4 Å². The van der Waals surface area contributed by atoms with Crippen LogP contribution < -0.4 is 5.32 Å². The van der Waals surface area contributed by atoms with E-state index >= 15 is 0 Å². The lowest BCUT2D eigenvalue weighted by atomic mass is 10.0. The number of rotatable bonds is 54. The highest BCUT2D eigenvalue weighted by Gasteiger charge is 2.18. The Kier molecular flexibility index (Phi) is 53.0. The standard InChI is InChI=1S/C58H113NO5/c1-3-5-7-9-11-13-15-31-34-38-42-46-50-56(61)55(54-60)59-57(62)51-47-43-39-35-32-28-26-24-22-20-18-16-17-19-21-23-25-27-29-33-37-41-45-49-53-64-58(63)52-48-44-40-36-30-14-12-10-8-6-4-2/h46,50,55-56,60-61H,3-45,47-49,51-54H2,1-2H3,(H,59,62)/b50-46+. The first-order valence-corrected chi connectivity index (χ1v) is 29.0. The summed E-state index contributed by atoms with van der Waals surface area (Å²) in [4.78, 5) is 24.4. The van der Waals surface area contributed by atoms with Gasteiger partial charge in [-0.25, -0.2) is 0 Å². The van der Waals surface area contributed by atoms with E-state index in [1.54, 1.807) is 6.08 Å². The van der Waals surface area contributed by atoms with Crippen LogP contribution in [0.1, 0.15) is 322 Å². The molecule has 3 N–H and O–H groups in total. The molecule has 2 atom stereocenters. The molecule has 0 saturated heterocycles. The number of aliphatic hydroxyl groups excluding tert-OH is 2. The van der Waals surface area contributed by atoms with E-state index in [0.717, 1.165) is 38.5 Å². The molecule has 0 aliphatic rings. The van der Waals surface area contributed by atoms with Gasteiger partial charge in [-0.3, -0.25) is 9.59 Å². The van der Waals surface area contributed by atoms with E-state index in [-0.39, 0.29) is 18.5 Å². The Morgan fingerprint density at radius 2 is 0.719 bits per heavy atom. The number of hydrogen-bond donors (Lipinski definition) is 3. The average molecular weight is 905 g/mol. The van der Waals surface area contributed by atoms with Crippen molar-refractivity contribution in [3.63, 3.8) is 0 Å². The highest BCUT2D eigenvalue weighted by Crippen LogP contribution is 2.17. The first kappa shape index (κ1) is 62.6. The summed E-state index contributed by atoms with van der Waals surface area (Å²) in [7, 11) is 0. The van der Waals surface area contributed by atoms with Crippen LogP contribution in [0.5, 0.6) is 0 Å². The summed E-state index contributed by atoms with van der Waals surface area (Å²) in [5.74, 6) is -0.0515. The molecule has 0 saturated carbocycles. The highest BCUT2D eigenvalue weighted by molar-refractivity contribution is 5.76. The fourth-order valence-corrected chi connectivity index (χ4v) is 9.11.